The van der Waals surface area contributed by atoms with Crippen LogP contribution in [-0.4, -0.2) is 27.2 Å². The maximum absolute atomic E-state index is 11.7. The largest absolute Gasteiger partial charge is 0.455 e. The van der Waals surface area contributed by atoms with Crippen LogP contribution in [0.4, 0.5) is 5.69 Å². The molecule has 1 aliphatic rings. The Kier molecular flexibility index (Phi) is 3.12. The van der Waals surface area contributed by atoms with Gasteiger partial charge in [-0.3, -0.25) is 9.59 Å². The number of benzene rings is 1. The van der Waals surface area contributed by atoms with Gasteiger partial charge in [0, 0.05) is 0 Å². The summed E-state index contributed by atoms with van der Waals surface area (Å²) in [5.41, 5.74) is 1.96. The van der Waals surface area contributed by atoms with Crippen molar-refractivity contribution in [1.82, 2.24) is 8.75 Å². The van der Waals surface area contributed by atoms with Gasteiger partial charge >= 0.3 is 5.97 Å². The van der Waals surface area contributed by atoms with Crippen LogP contribution in [0, 0.1) is 5.92 Å². The van der Waals surface area contributed by atoms with E-state index in [1.165, 1.54) is 0 Å². The monoisotopic (exact) mass is 277 g/mol. The molecular formula is C12H11N3O3S. The van der Waals surface area contributed by atoms with Gasteiger partial charge < -0.3 is 10.1 Å². The number of ether oxygens (including phenoxy) is 1. The number of fused-ring (bicyclic) bond motifs is 1. The second-order valence-electron chi connectivity index (χ2n) is 4.37. The van der Waals surface area contributed by atoms with Crippen LogP contribution in [0.15, 0.2) is 18.2 Å². The lowest BCUT2D eigenvalue weighted by Gasteiger charge is -2.06. The zero-order chi connectivity index (χ0) is 13.2. The summed E-state index contributed by atoms with van der Waals surface area (Å²) in [5, 5.41) is 2.67. The molecule has 0 aliphatic heterocycles. The minimum Gasteiger partial charge on any atom is -0.455 e. The van der Waals surface area contributed by atoms with Crippen LogP contribution in [-0.2, 0) is 14.3 Å². The Morgan fingerprint density at radius 1 is 1.37 bits per heavy atom. The van der Waals surface area contributed by atoms with Gasteiger partial charge in [-0.25, -0.2) is 0 Å². The molecule has 1 aliphatic carbocycles. The summed E-state index contributed by atoms with van der Waals surface area (Å²) in [7, 11) is 0. The SMILES string of the molecule is O=C(COC(=O)C1CC1)Nc1cccc2nsnc12. The fourth-order valence-corrected chi connectivity index (χ4v) is 2.22. The zero-order valence-electron chi connectivity index (χ0n) is 9.96. The number of rotatable bonds is 4. The fourth-order valence-electron chi connectivity index (χ4n) is 1.67. The third-order valence-corrected chi connectivity index (χ3v) is 3.36. The van der Waals surface area contributed by atoms with Crippen molar-refractivity contribution < 1.29 is 14.3 Å². The average Bonchev–Trinajstić information content (AvgIpc) is 3.14. The first-order chi connectivity index (χ1) is 9.24. The van der Waals surface area contributed by atoms with Crippen LogP contribution < -0.4 is 5.32 Å². The molecule has 1 aromatic carbocycles. The number of esters is 1. The Bertz CT molecular complexity index is 636. The van der Waals surface area contributed by atoms with Crippen LogP contribution >= 0.6 is 11.7 Å². The van der Waals surface area contributed by atoms with Crippen LogP contribution in [0.3, 0.4) is 0 Å². The molecular weight excluding hydrogens is 266 g/mol. The number of anilines is 1. The molecule has 7 heteroatoms. The molecule has 1 fully saturated rings. The molecule has 6 nitrogen and oxygen atoms in total. The lowest BCUT2D eigenvalue weighted by Crippen LogP contribution is -2.21. The number of carbonyl (C=O) groups excluding carboxylic acids is 2. The maximum Gasteiger partial charge on any atom is 0.309 e. The minimum atomic E-state index is -0.366. The highest BCUT2D eigenvalue weighted by Crippen LogP contribution is 2.30. The van der Waals surface area contributed by atoms with Crippen LogP contribution in [0.1, 0.15) is 12.8 Å². The quantitative estimate of drug-likeness (QED) is 0.858. The predicted molar refractivity (Wildman–Crippen MR) is 69.7 cm³/mol. The summed E-state index contributed by atoms with van der Waals surface area (Å²) < 4.78 is 13.1. The van der Waals surface area contributed by atoms with Gasteiger partial charge in [-0.15, -0.1) is 0 Å². The summed E-state index contributed by atoms with van der Waals surface area (Å²) in [5.74, 6) is -0.655. The molecule has 1 heterocycles. The van der Waals surface area contributed by atoms with E-state index in [0.717, 1.165) is 30.1 Å². The third-order valence-electron chi connectivity index (χ3n) is 2.82. The van der Waals surface area contributed by atoms with Crippen molar-refractivity contribution in [3.8, 4) is 0 Å². The molecule has 0 bridgehead atoms. The molecule has 3 rings (SSSR count). The second kappa shape index (κ2) is 4.93. The third kappa shape index (κ3) is 2.70. The number of nitrogens with one attached hydrogen (secondary N) is 1. The van der Waals surface area contributed by atoms with Gasteiger partial charge in [0.2, 0.25) is 0 Å². The molecule has 0 saturated heterocycles. The fraction of sp³-hybridized carbons (Fsp3) is 0.333. The van der Waals surface area contributed by atoms with Gasteiger partial charge in [0.25, 0.3) is 5.91 Å². The number of hydrogen-bond donors (Lipinski definition) is 1. The molecule has 1 amide bonds. The Labute approximate surface area is 113 Å². The van der Waals surface area contributed by atoms with E-state index in [1.807, 2.05) is 6.07 Å². The van der Waals surface area contributed by atoms with Crippen molar-refractivity contribution in [3.05, 3.63) is 18.2 Å². The van der Waals surface area contributed by atoms with Crippen molar-refractivity contribution in [3.63, 3.8) is 0 Å². The Morgan fingerprint density at radius 2 is 2.21 bits per heavy atom. The predicted octanol–water partition coefficient (Wildman–Crippen LogP) is 1.58. The Morgan fingerprint density at radius 3 is 3.00 bits per heavy atom. The van der Waals surface area contributed by atoms with E-state index in [4.69, 9.17) is 4.74 Å². The van der Waals surface area contributed by atoms with Gasteiger partial charge in [-0.05, 0) is 25.0 Å². The first-order valence-electron chi connectivity index (χ1n) is 5.92. The molecule has 0 unspecified atom stereocenters. The highest BCUT2D eigenvalue weighted by molar-refractivity contribution is 7.00. The number of nitrogens with zero attached hydrogens (tertiary/aromatic N) is 2. The van der Waals surface area contributed by atoms with E-state index in [-0.39, 0.29) is 24.4 Å². The summed E-state index contributed by atoms with van der Waals surface area (Å²) in [6.45, 7) is -0.261. The molecule has 2 aromatic rings. The van der Waals surface area contributed by atoms with Crippen molar-refractivity contribution in [1.29, 1.82) is 0 Å². The number of hydrogen-bond acceptors (Lipinski definition) is 6. The second-order valence-corrected chi connectivity index (χ2v) is 4.90. The number of carbonyl (C=O) groups is 2. The highest BCUT2D eigenvalue weighted by atomic mass is 32.1. The molecule has 1 aromatic heterocycles. The molecule has 19 heavy (non-hydrogen) atoms. The summed E-state index contributed by atoms with van der Waals surface area (Å²) in [6.07, 6.45) is 1.73. The summed E-state index contributed by atoms with van der Waals surface area (Å²) in [4.78, 5) is 23.0. The van der Waals surface area contributed by atoms with E-state index in [1.54, 1.807) is 12.1 Å². The van der Waals surface area contributed by atoms with Gasteiger partial charge in [0.1, 0.15) is 11.0 Å². The zero-order valence-corrected chi connectivity index (χ0v) is 10.8. The van der Waals surface area contributed by atoms with Gasteiger partial charge in [-0.1, -0.05) is 6.07 Å². The van der Waals surface area contributed by atoms with Crippen molar-refractivity contribution in [2.24, 2.45) is 5.92 Å². The topological polar surface area (TPSA) is 81.2 Å². The lowest BCUT2D eigenvalue weighted by molar-refractivity contribution is -0.148. The van der Waals surface area contributed by atoms with E-state index >= 15 is 0 Å². The summed E-state index contributed by atoms with van der Waals surface area (Å²) >= 11 is 1.09. The smallest absolute Gasteiger partial charge is 0.309 e. The van der Waals surface area contributed by atoms with E-state index < -0.39 is 0 Å². The molecule has 98 valence electrons. The maximum atomic E-state index is 11.7. The first kappa shape index (κ1) is 12.0. The summed E-state index contributed by atoms with van der Waals surface area (Å²) in [6, 6.07) is 5.35. The normalized spacial score (nSPS) is 14.3. The van der Waals surface area contributed by atoms with Gasteiger partial charge in [0.05, 0.1) is 23.3 Å². The number of amides is 1. The Balaban J connectivity index is 1.62. The molecule has 0 atom stereocenters. The molecule has 1 saturated carbocycles. The lowest BCUT2D eigenvalue weighted by atomic mass is 10.2. The van der Waals surface area contributed by atoms with Gasteiger partial charge in [0.15, 0.2) is 6.61 Å². The van der Waals surface area contributed by atoms with E-state index in [9.17, 15) is 9.59 Å². The van der Waals surface area contributed by atoms with Crippen LogP contribution in [0.2, 0.25) is 0 Å². The Hall–Kier alpha value is -2.02. The van der Waals surface area contributed by atoms with E-state index in [0.29, 0.717) is 11.2 Å². The van der Waals surface area contributed by atoms with Crippen molar-refractivity contribution in [2.45, 2.75) is 12.8 Å². The van der Waals surface area contributed by atoms with Crippen molar-refractivity contribution >= 4 is 40.3 Å². The standard InChI is InChI=1S/C12H11N3O3S/c16-10(6-18-12(17)7-4-5-7)13-8-2-1-3-9-11(8)15-19-14-9/h1-3,7H,4-6H2,(H,13,16). The van der Waals surface area contributed by atoms with Crippen molar-refractivity contribution in [2.75, 3.05) is 11.9 Å². The van der Waals surface area contributed by atoms with Crippen LogP contribution in [0.25, 0.3) is 11.0 Å². The molecule has 1 N–H and O–H groups in total. The molecule has 0 spiro atoms. The number of aromatic nitrogens is 2. The van der Waals surface area contributed by atoms with Gasteiger partial charge in [-0.2, -0.15) is 8.75 Å². The van der Waals surface area contributed by atoms with Crippen LogP contribution in [0.5, 0.6) is 0 Å². The molecule has 0 radical (unpaired) electrons. The highest BCUT2D eigenvalue weighted by Gasteiger charge is 2.31. The average molecular weight is 277 g/mol. The van der Waals surface area contributed by atoms with E-state index in [2.05, 4.69) is 14.1 Å². The minimum absolute atomic E-state index is 0.000951. The first-order valence-corrected chi connectivity index (χ1v) is 6.65.